The number of rotatable bonds is 8. The molecule has 0 aromatic carbocycles. The summed E-state index contributed by atoms with van der Waals surface area (Å²) in [5.74, 6) is -11.4. The van der Waals surface area contributed by atoms with E-state index in [9.17, 15) is 48.6 Å². The molecule has 2 aromatic rings. The standard InChI is InChI=1S/C42H49NO19/c1-19-26-10-12-43-14-27(26)36(50)56-17-38(7)16-42-31(58-22(4)46)28(38)29(57-21(3)45)33(59-23(5)47)41(42,18-55-20(2)44)34(60-24(6)48)30(61-35(49)25-11-13-54-15-25)32(40(42,9)53)62-37(51)39(19,8)52/h10-15,19,28-34,52-53H,16-18H2,1-9H3/t19?,28-,29?,30?,31-,32+,33?,34?,38+,39?,40+,41?,42?/m1/s1. The number of nitrogens with zero attached hydrogens (tertiary/aromatic N) is 1. The van der Waals surface area contributed by atoms with Gasteiger partial charge in [-0.2, -0.15) is 0 Å². The summed E-state index contributed by atoms with van der Waals surface area (Å²) in [6, 6.07) is 2.58. The minimum absolute atomic E-state index is 0.0813. The molecule has 0 amide bonds. The molecule has 8 unspecified atom stereocenters. The number of pyridine rings is 1. The van der Waals surface area contributed by atoms with Gasteiger partial charge in [0.15, 0.2) is 30.0 Å². The van der Waals surface area contributed by atoms with E-state index in [1.165, 1.54) is 25.3 Å². The van der Waals surface area contributed by atoms with Crippen LogP contribution in [0.3, 0.4) is 0 Å². The predicted octanol–water partition coefficient (Wildman–Crippen LogP) is 1.90. The Hall–Kier alpha value is -5.89. The second-order valence-corrected chi connectivity index (χ2v) is 17.1. The number of fused-ring (bicyclic) bond motifs is 5. The second-order valence-electron chi connectivity index (χ2n) is 17.1. The van der Waals surface area contributed by atoms with Gasteiger partial charge in [-0.15, -0.1) is 0 Å². The van der Waals surface area contributed by atoms with E-state index in [4.69, 9.17) is 42.3 Å². The van der Waals surface area contributed by atoms with Gasteiger partial charge >= 0.3 is 47.8 Å². The summed E-state index contributed by atoms with van der Waals surface area (Å²) in [5, 5.41) is 25.8. The summed E-state index contributed by atoms with van der Waals surface area (Å²) in [5.41, 5.74) is -12.2. The van der Waals surface area contributed by atoms with Crippen molar-refractivity contribution in [1.82, 2.24) is 4.98 Å². The first kappa shape index (κ1) is 45.6. The third-order valence-electron chi connectivity index (χ3n) is 13.1. The fourth-order valence-corrected chi connectivity index (χ4v) is 10.5. The van der Waals surface area contributed by atoms with Crippen molar-refractivity contribution in [2.75, 3.05) is 13.2 Å². The number of cyclic esters (lactones) is 1. The van der Waals surface area contributed by atoms with E-state index >= 15 is 0 Å². The van der Waals surface area contributed by atoms with Gasteiger partial charge < -0.3 is 52.5 Å². The lowest BCUT2D eigenvalue weighted by molar-refractivity contribution is -0.370. The summed E-state index contributed by atoms with van der Waals surface area (Å²) in [7, 11) is 0. The van der Waals surface area contributed by atoms with E-state index in [0.717, 1.165) is 67.2 Å². The second kappa shape index (κ2) is 16.1. The Kier molecular flexibility index (Phi) is 11.8. The molecule has 1 aliphatic heterocycles. The average molecular weight is 872 g/mol. The SMILES string of the molecule is CC(=O)OCC12C(OC(C)=O)C(OC(C)=O)[C@@H]3[C@@H](OC(C)=O)C14C[C@@]3(C)COC(=O)c1cnccc1C(C)C(C)(O)C(=O)O[C@@H](C(OC(=O)c1ccoc1)C2OC(C)=O)[C@]4(C)O. The summed E-state index contributed by atoms with van der Waals surface area (Å²) in [6.07, 6.45) is -8.00. The van der Waals surface area contributed by atoms with Gasteiger partial charge in [-0.05, 0) is 38.0 Å². The summed E-state index contributed by atoms with van der Waals surface area (Å²) < 4.78 is 53.4. The zero-order valence-corrected chi connectivity index (χ0v) is 35.5. The van der Waals surface area contributed by atoms with Crippen LogP contribution in [0, 0.1) is 22.2 Å². The van der Waals surface area contributed by atoms with Crippen LogP contribution in [0.4, 0.5) is 0 Å². The van der Waals surface area contributed by atoms with Crippen molar-refractivity contribution in [3.63, 3.8) is 0 Å². The number of carbonyl (C=O) groups excluding carboxylic acids is 8. The molecule has 336 valence electrons. The Morgan fingerprint density at radius 2 is 1.40 bits per heavy atom. The monoisotopic (exact) mass is 871 g/mol. The molecule has 13 atom stereocenters. The number of aliphatic hydroxyl groups is 2. The van der Waals surface area contributed by atoms with E-state index < -0.39 is 143 Å². The Balaban J connectivity index is 1.81. The molecule has 1 spiro atoms. The first-order valence-electron chi connectivity index (χ1n) is 19.7. The van der Waals surface area contributed by atoms with Gasteiger partial charge in [-0.1, -0.05) is 13.8 Å². The highest BCUT2D eigenvalue weighted by molar-refractivity contribution is 5.92. The van der Waals surface area contributed by atoms with Gasteiger partial charge in [0.05, 0.1) is 34.8 Å². The van der Waals surface area contributed by atoms with Crippen LogP contribution >= 0.6 is 0 Å². The maximum Gasteiger partial charge on any atom is 0.341 e. The molecule has 62 heavy (non-hydrogen) atoms. The predicted molar refractivity (Wildman–Crippen MR) is 202 cm³/mol. The molecule has 4 aliphatic rings. The van der Waals surface area contributed by atoms with Crippen LogP contribution in [0.1, 0.15) is 101 Å². The first-order chi connectivity index (χ1) is 28.9. The van der Waals surface area contributed by atoms with Crippen LogP contribution in [0.25, 0.3) is 0 Å². The van der Waals surface area contributed by atoms with Crippen LogP contribution in [0.15, 0.2) is 41.5 Å². The Morgan fingerprint density at radius 3 is 1.97 bits per heavy atom. The molecule has 20 heteroatoms. The fourth-order valence-electron chi connectivity index (χ4n) is 10.5. The molecule has 2 N–H and O–H groups in total. The van der Waals surface area contributed by atoms with Crippen molar-refractivity contribution < 1.29 is 90.9 Å². The van der Waals surface area contributed by atoms with Crippen molar-refractivity contribution in [1.29, 1.82) is 0 Å². The number of ether oxygens (including phenoxy) is 8. The molecular formula is C42H49NO19. The molecule has 3 heterocycles. The van der Waals surface area contributed by atoms with Gasteiger partial charge in [0.25, 0.3) is 0 Å². The molecule has 3 fully saturated rings. The highest BCUT2D eigenvalue weighted by atomic mass is 16.6. The van der Waals surface area contributed by atoms with E-state index in [2.05, 4.69) is 4.98 Å². The number of aromatic nitrogens is 1. The van der Waals surface area contributed by atoms with Crippen LogP contribution in [-0.2, 0) is 66.7 Å². The zero-order chi connectivity index (χ0) is 45.9. The largest absolute Gasteiger partial charge is 0.472 e. The third-order valence-corrected chi connectivity index (χ3v) is 13.1. The van der Waals surface area contributed by atoms with E-state index in [1.54, 1.807) is 6.92 Å². The fraction of sp³-hybridized carbons (Fsp3) is 0.595. The topological polar surface area (TPSA) is 277 Å². The minimum Gasteiger partial charge on any atom is -0.472 e. The number of furan rings is 1. The van der Waals surface area contributed by atoms with Crippen LogP contribution in [0.2, 0.25) is 0 Å². The molecule has 2 aromatic heterocycles. The zero-order valence-electron chi connectivity index (χ0n) is 35.5. The molecule has 3 aliphatic carbocycles. The Labute approximate surface area is 354 Å². The lowest BCUT2D eigenvalue weighted by Crippen LogP contribution is -2.85. The lowest BCUT2D eigenvalue weighted by atomic mass is 9.41. The van der Waals surface area contributed by atoms with Gasteiger partial charge in [-0.25, -0.2) is 14.4 Å². The van der Waals surface area contributed by atoms with Crippen LogP contribution in [0.5, 0.6) is 0 Å². The van der Waals surface area contributed by atoms with Crippen molar-refractivity contribution in [3.8, 4) is 0 Å². The van der Waals surface area contributed by atoms with E-state index in [0.29, 0.717) is 0 Å². The van der Waals surface area contributed by atoms with E-state index in [-0.39, 0.29) is 16.7 Å². The lowest BCUT2D eigenvalue weighted by Gasteiger charge is -2.69. The van der Waals surface area contributed by atoms with Crippen LogP contribution in [-0.4, -0.2) is 124 Å². The summed E-state index contributed by atoms with van der Waals surface area (Å²) >= 11 is 0. The number of carbonyl (C=O) groups is 8. The Morgan fingerprint density at radius 1 is 0.806 bits per heavy atom. The maximum atomic E-state index is 14.7. The summed E-state index contributed by atoms with van der Waals surface area (Å²) in [4.78, 5) is 113. The summed E-state index contributed by atoms with van der Waals surface area (Å²) in [6.45, 7) is 8.54. The smallest absolute Gasteiger partial charge is 0.341 e. The number of hydrogen-bond donors (Lipinski definition) is 2. The van der Waals surface area contributed by atoms with Crippen molar-refractivity contribution in [3.05, 3.63) is 53.7 Å². The van der Waals surface area contributed by atoms with Gasteiger partial charge in [0, 0.05) is 64.3 Å². The van der Waals surface area contributed by atoms with Crippen molar-refractivity contribution >= 4 is 47.8 Å². The minimum atomic E-state index is -2.79. The number of esters is 8. The first-order valence-corrected chi connectivity index (χ1v) is 19.7. The third kappa shape index (κ3) is 7.15. The highest BCUT2D eigenvalue weighted by Crippen LogP contribution is 2.76. The molecule has 0 radical (unpaired) electrons. The van der Waals surface area contributed by atoms with Gasteiger partial charge in [-0.3, -0.25) is 29.0 Å². The Bertz CT molecular complexity index is 2160. The molecular weight excluding hydrogens is 822 g/mol. The molecule has 3 saturated carbocycles. The van der Waals surface area contributed by atoms with Gasteiger partial charge in [0.1, 0.15) is 30.7 Å². The highest BCUT2D eigenvalue weighted by Gasteiger charge is 2.90. The molecule has 0 saturated heterocycles. The van der Waals surface area contributed by atoms with E-state index in [1.807, 2.05) is 0 Å². The maximum absolute atomic E-state index is 14.7. The van der Waals surface area contributed by atoms with Crippen molar-refractivity contribution in [2.24, 2.45) is 22.2 Å². The molecule has 4 bridgehead atoms. The average Bonchev–Trinajstić information content (AvgIpc) is 3.79. The molecule has 20 nitrogen and oxygen atoms in total. The van der Waals surface area contributed by atoms with Crippen molar-refractivity contribution in [2.45, 2.75) is 122 Å². The molecule has 6 rings (SSSR count). The number of hydrogen-bond acceptors (Lipinski definition) is 20. The van der Waals surface area contributed by atoms with Crippen LogP contribution < -0.4 is 0 Å². The normalized spacial score (nSPS) is 37.3. The van der Waals surface area contributed by atoms with Gasteiger partial charge in [0.2, 0.25) is 0 Å². The quantitative estimate of drug-likeness (QED) is 0.283.